The van der Waals surface area contributed by atoms with Gasteiger partial charge in [0.15, 0.2) is 0 Å². The van der Waals surface area contributed by atoms with E-state index in [-0.39, 0.29) is 23.7 Å². The average Bonchev–Trinajstić information content (AvgIpc) is 2.38. The fourth-order valence-electron chi connectivity index (χ4n) is 2.25. The summed E-state index contributed by atoms with van der Waals surface area (Å²) in [7, 11) is 1.50. The standard InChI is InChI=1S/C12H13BrN2O4/c1-19-10-4-2-7(13)6-8(10)12-9(15(17)18)3-5-11(16)14-12/h2,4,6,9,12H,3,5H2,1H3,(H,14,16)/t9-,12-/m1/s1. The number of nitro groups is 1. The number of benzene rings is 1. The van der Waals surface area contributed by atoms with Crippen molar-refractivity contribution in [1.29, 1.82) is 0 Å². The Kier molecular flexibility index (Phi) is 4.04. The average molecular weight is 329 g/mol. The summed E-state index contributed by atoms with van der Waals surface area (Å²) in [5, 5.41) is 13.8. The van der Waals surface area contributed by atoms with Crippen LogP contribution < -0.4 is 10.1 Å². The van der Waals surface area contributed by atoms with E-state index in [0.29, 0.717) is 11.3 Å². The lowest BCUT2D eigenvalue weighted by molar-refractivity contribution is -0.529. The summed E-state index contributed by atoms with van der Waals surface area (Å²) in [5.41, 5.74) is 0.617. The van der Waals surface area contributed by atoms with E-state index in [9.17, 15) is 14.9 Å². The molecule has 102 valence electrons. The highest BCUT2D eigenvalue weighted by Crippen LogP contribution is 2.34. The van der Waals surface area contributed by atoms with Gasteiger partial charge in [-0.15, -0.1) is 0 Å². The summed E-state index contributed by atoms with van der Waals surface area (Å²) in [6.07, 6.45) is 0.414. The van der Waals surface area contributed by atoms with Gasteiger partial charge in [-0.2, -0.15) is 0 Å². The van der Waals surface area contributed by atoms with Gasteiger partial charge in [0.25, 0.3) is 0 Å². The summed E-state index contributed by atoms with van der Waals surface area (Å²) in [6, 6.07) is 3.75. The number of nitrogens with one attached hydrogen (secondary N) is 1. The Morgan fingerprint density at radius 1 is 1.53 bits per heavy atom. The number of carbonyl (C=O) groups is 1. The number of hydrogen-bond acceptors (Lipinski definition) is 4. The van der Waals surface area contributed by atoms with Crippen LogP contribution in [0.1, 0.15) is 24.4 Å². The molecule has 7 heteroatoms. The molecule has 0 bridgehead atoms. The Hall–Kier alpha value is -1.63. The molecule has 1 aromatic rings. The number of piperidine rings is 1. The third kappa shape index (κ3) is 2.86. The molecule has 0 saturated carbocycles. The second kappa shape index (κ2) is 5.56. The van der Waals surface area contributed by atoms with Gasteiger partial charge >= 0.3 is 0 Å². The number of amides is 1. The first-order valence-corrected chi connectivity index (χ1v) is 6.58. The minimum absolute atomic E-state index is 0.176. The lowest BCUT2D eigenvalue weighted by Gasteiger charge is -2.28. The van der Waals surface area contributed by atoms with E-state index in [1.807, 2.05) is 0 Å². The van der Waals surface area contributed by atoms with Crippen molar-refractivity contribution in [2.24, 2.45) is 0 Å². The van der Waals surface area contributed by atoms with Crippen LogP contribution >= 0.6 is 15.9 Å². The topological polar surface area (TPSA) is 81.5 Å². The fraction of sp³-hybridized carbons (Fsp3) is 0.417. The minimum Gasteiger partial charge on any atom is -0.496 e. The van der Waals surface area contributed by atoms with Crippen molar-refractivity contribution in [2.75, 3.05) is 7.11 Å². The SMILES string of the molecule is COc1ccc(Br)cc1[C@H]1NC(=O)CC[C@H]1[N+](=O)[O-]. The van der Waals surface area contributed by atoms with Crippen molar-refractivity contribution < 1.29 is 14.5 Å². The molecule has 1 N–H and O–H groups in total. The van der Waals surface area contributed by atoms with Gasteiger partial charge in [-0.3, -0.25) is 14.9 Å². The normalized spacial score (nSPS) is 22.7. The Morgan fingerprint density at radius 2 is 2.26 bits per heavy atom. The van der Waals surface area contributed by atoms with Gasteiger partial charge < -0.3 is 10.1 Å². The summed E-state index contributed by atoms with van der Waals surface area (Å²) in [4.78, 5) is 22.3. The molecule has 0 spiro atoms. The van der Waals surface area contributed by atoms with Gasteiger partial charge in [-0.25, -0.2) is 0 Å². The molecule has 1 aromatic carbocycles. The van der Waals surface area contributed by atoms with Gasteiger partial charge in [0.2, 0.25) is 11.9 Å². The fourth-order valence-corrected chi connectivity index (χ4v) is 2.63. The van der Waals surface area contributed by atoms with E-state index in [0.717, 1.165) is 4.47 Å². The summed E-state index contributed by atoms with van der Waals surface area (Å²) in [5.74, 6) is 0.354. The van der Waals surface area contributed by atoms with Crippen LogP contribution in [0.4, 0.5) is 0 Å². The van der Waals surface area contributed by atoms with Crippen molar-refractivity contribution in [3.8, 4) is 5.75 Å². The number of carbonyl (C=O) groups excluding carboxylic acids is 1. The Morgan fingerprint density at radius 3 is 2.89 bits per heavy atom. The molecule has 1 aliphatic heterocycles. The zero-order chi connectivity index (χ0) is 14.0. The summed E-state index contributed by atoms with van der Waals surface area (Å²) >= 11 is 3.33. The predicted octanol–water partition coefficient (Wildman–Crippen LogP) is 2.05. The second-order valence-corrected chi connectivity index (χ2v) is 5.24. The highest BCUT2D eigenvalue weighted by atomic mass is 79.9. The summed E-state index contributed by atoms with van der Waals surface area (Å²) < 4.78 is 6.00. The maximum absolute atomic E-state index is 11.5. The maximum Gasteiger partial charge on any atom is 0.237 e. The Balaban J connectivity index is 2.43. The molecule has 1 aliphatic rings. The first-order valence-electron chi connectivity index (χ1n) is 5.79. The van der Waals surface area contributed by atoms with Crippen LogP contribution in [0.5, 0.6) is 5.75 Å². The molecular formula is C12H13BrN2O4. The van der Waals surface area contributed by atoms with Crippen LogP contribution in [0.3, 0.4) is 0 Å². The third-order valence-corrected chi connectivity index (χ3v) is 3.66. The first kappa shape index (κ1) is 13.8. The highest BCUT2D eigenvalue weighted by molar-refractivity contribution is 9.10. The Labute approximate surface area is 118 Å². The number of halogens is 1. The van der Waals surface area contributed by atoms with Crippen molar-refractivity contribution in [2.45, 2.75) is 24.9 Å². The maximum atomic E-state index is 11.5. The molecule has 1 amide bonds. The molecule has 0 radical (unpaired) electrons. The van der Waals surface area contributed by atoms with Crippen LogP contribution in [0.15, 0.2) is 22.7 Å². The molecule has 0 aliphatic carbocycles. The molecule has 0 aromatic heterocycles. The predicted molar refractivity (Wildman–Crippen MR) is 71.6 cm³/mol. The van der Waals surface area contributed by atoms with E-state index in [2.05, 4.69) is 21.2 Å². The highest BCUT2D eigenvalue weighted by Gasteiger charge is 2.39. The lowest BCUT2D eigenvalue weighted by atomic mass is 9.92. The molecule has 1 saturated heterocycles. The number of methoxy groups -OCH3 is 1. The minimum atomic E-state index is -0.833. The number of nitrogens with zero attached hydrogens (tertiary/aromatic N) is 1. The largest absolute Gasteiger partial charge is 0.496 e. The van der Waals surface area contributed by atoms with Crippen molar-refractivity contribution in [1.82, 2.24) is 5.32 Å². The zero-order valence-electron chi connectivity index (χ0n) is 10.3. The molecule has 19 heavy (non-hydrogen) atoms. The molecule has 0 unspecified atom stereocenters. The summed E-state index contributed by atoms with van der Waals surface area (Å²) in [6.45, 7) is 0. The molecule has 2 atom stereocenters. The number of rotatable bonds is 3. The zero-order valence-corrected chi connectivity index (χ0v) is 11.8. The van der Waals surface area contributed by atoms with Crippen molar-refractivity contribution >= 4 is 21.8 Å². The van der Waals surface area contributed by atoms with Crippen LogP contribution in [-0.4, -0.2) is 24.0 Å². The first-order chi connectivity index (χ1) is 9.02. The van der Waals surface area contributed by atoms with Gasteiger partial charge in [0.05, 0.1) is 7.11 Å². The molecule has 6 nitrogen and oxygen atoms in total. The van der Waals surface area contributed by atoms with Gasteiger partial charge in [-0.05, 0) is 18.2 Å². The van der Waals surface area contributed by atoms with E-state index >= 15 is 0 Å². The van der Waals surface area contributed by atoms with Crippen molar-refractivity contribution in [3.63, 3.8) is 0 Å². The van der Waals surface area contributed by atoms with Gasteiger partial charge in [-0.1, -0.05) is 15.9 Å². The van der Waals surface area contributed by atoms with Crippen LogP contribution in [0.25, 0.3) is 0 Å². The number of hydrogen-bond donors (Lipinski definition) is 1. The second-order valence-electron chi connectivity index (χ2n) is 4.32. The molecule has 1 heterocycles. The van der Waals surface area contributed by atoms with Gasteiger partial charge in [0.1, 0.15) is 11.8 Å². The monoisotopic (exact) mass is 328 g/mol. The molecular weight excluding hydrogens is 316 g/mol. The van der Waals surface area contributed by atoms with E-state index in [1.54, 1.807) is 18.2 Å². The quantitative estimate of drug-likeness (QED) is 0.680. The van der Waals surface area contributed by atoms with E-state index in [4.69, 9.17) is 4.74 Å². The lowest BCUT2D eigenvalue weighted by Crippen LogP contribution is -2.45. The number of ether oxygens (including phenoxy) is 1. The van der Waals surface area contributed by atoms with Gasteiger partial charge in [0, 0.05) is 27.8 Å². The smallest absolute Gasteiger partial charge is 0.237 e. The molecule has 2 rings (SSSR count). The van der Waals surface area contributed by atoms with Crippen LogP contribution in [0.2, 0.25) is 0 Å². The van der Waals surface area contributed by atoms with Crippen LogP contribution in [-0.2, 0) is 4.79 Å². The Bertz CT molecular complexity index is 520. The van der Waals surface area contributed by atoms with E-state index < -0.39 is 12.1 Å². The third-order valence-electron chi connectivity index (χ3n) is 3.17. The van der Waals surface area contributed by atoms with E-state index in [1.165, 1.54) is 7.11 Å². The van der Waals surface area contributed by atoms with Crippen molar-refractivity contribution in [3.05, 3.63) is 38.3 Å². The van der Waals surface area contributed by atoms with Crippen LogP contribution in [0, 0.1) is 10.1 Å². The molecule has 1 fully saturated rings.